The summed E-state index contributed by atoms with van der Waals surface area (Å²) >= 11 is 9.47. The molecule has 1 heterocycles. The number of ether oxygens (including phenoxy) is 1. The molecule has 0 saturated carbocycles. The van der Waals surface area contributed by atoms with Crippen LogP contribution in [0.15, 0.2) is 16.6 Å². The van der Waals surface area contributed by atoms with Crippen molar-refractivity contribution >= 4 is 27.5 Å². The maximum Gasteiger partial charge on any atom is 0.138 e. The predicted octanol–water partition coefficient (Wildman–Crippen LogP) is 3.53. The van der Waals surface area contributed by atoms with Crippen LogP contribution in [0, 0.1) is 0 Å². The van der Waals surface area contributed by atoms with Crippen molar-refractivity contribution in [1.82, 2.24) is 5.32 Å². The van der Waals surface area contributed by atoms with Crippen LogP contribution in [0.25, 0.3) is 0 Å². The maximum atomic E-state index is 6.02. The van der Waals surface area contributed by atoms with Crippen molar-refractivity contribution in [2.75, 3.05) is 6.61 Å². The van der Waals surface area contributed by atoms with Gasteiger partial charge in [0.05, 0.1) is 10.5 Å². The molecule has 2 rings (SSSR count). The molecule has 1 atom stereocenters. The zero-order valence-electron chi connectivity index (χ0n) is 8.68. The first kappa shape index (κ1) is 11.2. The van der Waals surface area contributed by atoms with Crippen LogP contribution in [0.2, 0.25) is 5.02 Å². The Bertz CT molecular complexity index is 381. The van der Waals surface area contributed by atoms with Crippen molar-refractivity contribution in [3.8, 4) is 5.75 Å². The number of benzene rings is 1. The van der Waals surface area contributed by atoms with Gasteiger partial charge in [-0.25, -0.2) is 0 Å². The van der Waals surface area contributed by atoms with E-state index in [9.17, 15) is 0 Å². The molecular formula is C11H13BrClNO. The van der Waals surface area contributed by atoms with Crippen LogP contribution in [-0.4, -0.2) is 12.6 Å². The first-order valence-electron chi connectivity index (χ1n) is 4.95. The number of nitrogens with one attached hydrogen (secondary N) is 1. The van der Waals surface area contributed by atoms with Gasteiger partial charge in [-0.2, -0.15) is 0 Å². The molecule has 1 aromatic rings. The quantitative estimate of drug-likeness (QED) is 0.899. The summed E-state index contributed by atoms with van der Waals surface area (Å²) < 4.78 is 6.56. The van der Waals surface area contributed by atoms with Crippen LogP contribution < -0.4 is 10.1 Å². The topological polar surface area (TPSA) is 21.3 Å². The van der Waals surface area contributed by atoms with Gasteiger partial charge in [-0.05, 0) is 28.1 Å². The normalized spacial score (nSPS) is 19.1. The molecule has 1 unspecified atom stereocenters. The third-order valence-electron chi connectivity index (χ3n) is 2.34. The van der Waals surface area contributed by atoms with E-state index >= 15 is 0 Å². The van der Waals surface area contributed by atoms with Gasteiger partial charge < -0.3 is 10.1 Å². The molecular weight excluding hydrogens is 277 g/mol. The van der Waals surface area contributed by atoms with Crippen LogP contribution in [0.1, 0.15) is 25.5 Å². The minimum atomic E-state index is 0.245. The van der Waals surface area contributed by atoms with E-state index in [2.05, 4.69) is 35.1 Å². The highest BCUT2D eigenvalue weighted by atomic mass is 79.9. The molecule has 0 spiro atoms. The molecule has 0 bridgehead atoms. The predicted molar refractivity (Wildman–Crippen MR) is 65.7 cm³/mol. The first-order valence-corrected chi connectivity index (χ1v) is 6.13. The van der Waals surface area contributed by atoms with Crippen molar-refractivity contribution in [1.29, 1.82) is 0 Å². The van der Waals surface area contributed by atoms with Crippen molar-refractivity contribution in [3.63, 3.8) is 0 Å². The lowest BCUT2D eigenvalue weighted by Crippen LogP contribution is -2.28. The van der Waals surface area contributed by atoms with E-state index in [1.165, 1.54) is 0 Å². The van der Waals surface area contributed by atoms with E-state index < -0.39 is 0 Å². The number of hydrogen-bond acceptors (Lipinski definition) is 2. The summed E-state index contributed by atoms with van der Waals surface area (Å²) in [6.45, 7) is 4.92. The highest BCUT2D eigenvalue weighted by Crippen LogP contribution is 2.40. The number of halogens is 2. The van der Waals surface area contributed by atoms with Crippen LogP contribution >= 0.6 is 27.5 Å². The summed E-state index contributed by atoms with van der Waals surface area (Å²) in [5, 5.41) is 4.19. The fraction of sp³-hybridized carbons (Fsp3) is 0.455. The molecule has 0 saturated heterocycles. The van der Waals surface area contributed by atoms with Gasteiger partial charge in [-0.3, -0.25) is 0 Å². The summed E-state index contributed by atoms with van der Waals surface area (Å²) in [6.07, 6.45) is 0. The number of fused-ring (bicyclic) bond motifs is 1. The Balaban J connectivity index is 2.33. The van der Waals surface area contributed by atoms with Crippen LogP contribution in [0.5, 0.6) is 5.75 Å². The molecule has 1 aliphatic rings. The van der Waals surface area contributed by atoms with E-state index in [1.54, 1.807) is 0 Å². The molecule has 0 fully saturated rings. The third kappa shape index (κ3) is 2.30. The molecule has 0 radical (unpaired) electrons. The van der Waals surface area contributed by atoms with Crippen molar-refractivity contribution in [2.24, 2.45) is 0 Å². The Morgan fingerprint density at radius 3 is 2.93 bits per heavy atom. The average molecular weight is 291 g/mol. The summed E-state index contributed by atoms with van der Waals surface area (Å²) in [6, 6.07) is 4.50. The monoisotopic (exact) mass is 289 g/mol. The molecule has 4 heteroatoms. The Kier molecular flexibility index (Phi) is 3.24. The Morgan fingerprint density at radius 1 is 1.53 bits per heavy atom. The lowest BCUT2D eigenvalue weighted by Gasteiger charge is -2.14. The fourth-order valence-corrected chi connectivity index (χ4v) is 2.74. The van der Waals surface area contributed by atoms with Crippen molar-refractivity contribution in [2.45, 2.75) is 25.9 Å². The molecule has 1 N–H and O–H groups in total. The second kappa shape index (κ2) is 4.32. The summed E-state index contributed by atoms with van der Waals surface area (Å²) in [5.41, 5.74) is 1.14. The SMILES string of the molecule is CC(C)NC1COc2c(Br)cc(Cl)cc21. The minimum Gasteiger partial charge on any atom is -0.490 e. The van der Waals surface area contributed by atoms with Gasteiger partial charge in [0.1, 0.15) is 12.4 Å². The van der Waals surface area contributed by atoms with Crippen LogP contribution in [0.4, 0.5) is 0 Å². The lowest BCUT2D eigenvalue weighted by atomic mass is 10.1. The second-order valence-corrected chi connectivity index (χ2v) is 5.28. The maximum absolute atomic E-state index is 6.02. The highest BCUT2D eigenvalue weighted by molar-refractivity contribution is 9.10. The Hall–Kier alpha value is -0.250. The third-order valence-corrected chi connectivity index (χ3v) is 3.15. The van der Waals surface area contributed by atoms with Gasteiger partial charge >= 0.3 is 0 Å². The molecule has 1 aliphatic heterocycles. The van der Waals surface area contributed by atoms with Gasteiger partial charge in [-0.1, -0.05) is 25.4 Å². The standard InChI is InChI=1S/C11H13BrClNO/c1-6(2)14-10-5-15-11-8(10)3-7(13)4-9(11)12/h3-4,6,10,14H,5H2,1-2H3. The molecule has 82 valence electrons. The van der Waals surface area contributed by atoms with E-state index in [0.29, 0.717) is 12.6 Å². The van der Waals surface area contributed by atoms with Crippen molar-refractivity contribution < 1.29 is 4.74 Å². The minimum absolute atomic E-state index is 0.245. The van der Waals surface area contributed by atoms with Gasteiger partial charge in [-0.15, -0.1) is 0 Å². The molecule has 2 nitrogen and oxygen atoms in total. The average Bonchev–Trinajstić information content (AvgIpc) is 2.48. The molecule has 0 amide bonds. The van der Waals surface area contributed by atoms with E-state index in [1.807, 2.05) is 12.1 Å². The number of rotatable bonds is 2. The van der Waals surface area contributed by atoms with Gasteiger partial charge in [0.25, 0.3) is 0 Å². The van der Waals surface area contributed by atoms with Crippen molar-refractivity contribution in [3.05, 3.63) is 27.2 Å². The van der Waals surface area contributed by atoms with Crippen LogP contribution in [0.3, 0.4) is 0 Å². The molecule has 0 aromatic heterocycles. The molecule has 15 heavy (non-hydrogen) atoms. The van der Waals surface area contributed by atoms with E-state index in [4.69, 9.17) is 16.3 Å². The zero-order valence-corrected chi connectivity index (χ0v) is 11.0. The number of hydrogen-bond donors (Lipinski definition) is 1. The lowest BCUT2D eigenvalue weighted by molar-refractivity contribution is 0.302. The summed E-state index contributed by atoms with van der Waals surface area (Å²) in [7, 11) is 0. The Morgan fingerprint density at radius 2 is 2.27 bits per heavy atom. The zero-order chi connectivity index (χ0) is 11.0. The first-order chi connectivity index (χ1) is 7.08. The largest absolute Gasteiger partial charge is 0.490 e. The summed E-state index contributed by atoms with van der Waals surface area (Å²) in [4.78, 5) is 0. The molecule has 1 aromatic carbocycles. The highest BCUT2D eigenvalue weighted by Gasteiger charge is 2.26. The summed E-state index contributed by atoms with van der Waals surface area (Å²) in [5.74, 6) is 0.914. The van der Waals surface area contributed by atoms with Crippen LogP contribution in [-0.2, 0) is 0 Å². The smallest absolute Gasteiger partial charge is 0.138 e. The van der Waals surface area contributed by atoms with Gasteiger partial charge in [0.2, 0.25) is 0 Å². The van der Waals surface area contributed by atoms with Gasteiger partial charge in [0, 0.05) is 16.6 Å². The van der Waals surface area contributed by atoms with E-state index in [-0.39, 0.29) is 6.04 Å². The fourth-order valence-electron chi connectivity index (χ4n) is 1.79. The van der Waals surface area contributed by atoms with E-state index in [0.717, 1.165) is 20.8 Å². The Labute approximate surface area is 103 Å². The second-order valence-electron chi connectivity index (χ2n) is 3.99. The molecule has 0 aliphatic carbocycles. The van der Waals surface area contributed by atoms with Gasteiger partial charge in [0.15, 0.2) is 0 Å².